The summed E-state index contributed by atoms with van der Waals surface area (Å²) in [6.07, 6.45) is -4.08. The molecule has 114 valence electrons. The van der Waals surface area contributed by atoms with Crippen molar-refractivity contribution in [3.8, 4) is 0 Å². The monoisotopic (exact) mass is 302 g/mol. The zero-order chi connectivity index (χ0) is 15.6. The maximum atomic E-state index is 12.7. The Morgan fingerprint density at radius 3 is 2.57 bits per heavy atom. The van der Waals surface area contributed by atoms with E-state index in [1.54, 1.807) is 0 Å². The van der Waals surface area contributed by atoms with Crippen LogP contribution in [0.4, 0.5) is 13.2 Å². The number of halogens is 3. The Bertz CT molecular complexity index is 560. The number of piperidine rings is 1. The van der Waals surface area contributed by atoms with Crippen LogP contribution >= 0.6 is 0 Å². The molecular formula is C13H13F3N2O3. The van der Waals surface area contributed by atoms with Crippen molar-refractivity contribution in [2.45, 2.75) is 19.0 Å². The predicted octanol–water partition coefficient (Wildman–Crippen LogP) is 2.19. The Morgan fingerprint density at radius 1 is 1.29 bits per heavy atom. The summed E-state index contributed by atoms with van der Waals surface area (Å²) >= 11 is 0. The first-order valence-corrected chi connectivity index (χ1v) is 6.35. The summed E-state index contributed by atoms with van der Waals surface area (Å²) in [7, 11) is 0. The Balaban J connectivity index is 2.16. The lowest BCUT2D eigenvalue weighted by molar-refractivity contribution is -0.184. The molecule has 1 saturated heterocycles. The maximum Gasteiger partial charge on any atom is 0.393 e. The number of aromatic carboxylic acids is 1. The van der Waals surface area contributed by atoms with Crippen molar-refractivity contribution in [2.24, 2.45) is 5.92 Å². The minimum atomic E-state index is -4.34. The second kappa shape index (κ2) is 5.71. The van der Waals surface area contributed by atoms with Crippen molar-refractivity contribution >= 4 is 11.9 Å². The third-order valence-corrected chi connectivity index (χ3v) is 3.36. The minimum absolute atomic E-state index is 0.00409. The van der Waals surface area contributed by atoms with E-state index in [1.165, 1.54) is 18.2 Å². The molecule has 8 heteroatoms. The zero-order valence-electron chi connectivity index (χ0n) is 10.9. The third-order valence-electron chi connectivity index (χ3n) is 3.36. The molecule has 0 radical (unpaired) electrons. The second-order valence-electron chi connectivity index (χ2n) is 4.85. The number of amides is 1. The number of hydrogen-bond acceptors (Lipinski definition) is 3. The molecule has 1 aromatic rings. The highest BCUT2D eigenvalue weighted by Gasteiger charge is 2.42. The van der Waals surface area contributed by atoms with Crippen molar-refractivity contribution in [3.63, 3.8) is 0 Å². The summed E-state index contributed by atoms with van der Waals surface area (Å²) < 4.78 is 38.2. The van der Waals surface area contributed by atoms with Crippen LogP contribution in [0.1, 0.15) is 33.8 Å². The number of alkyl halides is 3. The van der Waals surface area contributed by atoms with Gasteiger partial charge in [-0.05, 0) is 25.0 Å². The minimum Gasteiger partial charge on any atom is -0.477 e. The van der Waals surface area contributed by atoms with Gasteiger partial charge in [-0.25, -0.2) is 9.78 Å². The molecule has 1 N–H and O–H groups in total. The molecule has 5 nitrogen and oxygen atoms in total. The van der Waals surface area contributed by atoms with E-state index in [1.807, 2.05) is 0 Å². The van der Waals surface area contributed by atoms with E-state index in [9.17, 15) is 22.8 Å². The largest absolute Gasteiger partial charge is 0.477 e. The van der Waals surface area contributed by atoms with Crippen LogP contribution in [0.3, 0.4) is 0 Å². The van der Waals surface area contributed by atoms with Gasteiger partial charge >= 0.3 is 12.1 Å². The smallest absolute Gasteiger partial charge is 0.393 e. The lowest BCUT2D eigenvalue weighted by atomic mass is 9.97. The van der Waals surface area contributed by atoms with Gasteiger partial charge in [0.1, 0.15) is 11.4 Å². The standard InChI is InChI=1S/C13H13F3N2O3/c14-13(15,16)8-3-2-6-18(7-8)11(19)9-4-1-5-10(17-9)12(20)21/h1,4-5,8H,2-3,6-7H2,(H,20,21). The molecule has 0 saturated carbocycles. The van der Waals surface area contributed by atoms with E-state index < -0.39 is 30.5 Å². The Hall–Kier alpha value is -2.12. The van der Waals surface area contributed by atoms with Gasteiger partial charge in [0.05, 0.1) is 5.92 Å². The number of carbonyl (C=O) groups is 2. The summed E-state index contributed by atoms with van der Waals surface area (Å²) in [6, 6.07) is 3.86. The van der Waals surface area contributed by atoms with E-state index in [0.717, 1.165) is 4.90 Å². The molecule has 1 fully saturated rings. The van der Waals surface area contributed by atoms with Gasteiger partial charge in [0.15, 0.2) is 0 Å². The molecule has 1 aliphatic rings. The number of hydrogen-bond donors (Lipinski definition) is 1. The number of likely N-dealkylation sites (tertiary alicyclic amines) is 1. The normalized spacial score (nSPS) is 19.4. The lowest BCUT2D eigenvalue weighted by Crippen LogP contribution is -2.44. The van der Waals surface area contributed by atoms with Crippen LogP contribution in [0.25, 0.3) is 0 Å². The van der Waals surface area contributed by atoms with Crippen LogP contribution in [0.2, 0.25) is 0 Å². The van der Waals surface area contributed by atoms with E-state index in [4.69, 9.17) is 5.11 Å². The quantitative estimate of drug-likeness (QED) is 0.909. The van der Waals surface area contributed by atoms with Crippen molar-refractivity contribution < 1.29 is 27.9 Å². The molecule has 2 heterocycles. The molecule has 1 aliphatic heterocycles. The highest BCUT2D eigenvalue weighted by molar-refractivity contribution is 5.94. The second-order valence-corrected chi connectivity index (χ2v) is 4.85. The van der Waals surface area contributed by atoms with Crippen LogP contribution in [0, 0.1) is 5.92 Å². The average Bonchev–Trinajstić information content (AvgIpc) is 2.46. The average molecular weight is 302 g/mol. The first-order valence-electron chi connectivity index (χ1n) is 6.35. The lowest BCUT2D eigenvalue weighted by Gasteiger charge is -2.33. The molecule has 1 atom stereocenters. The fourth-order valence-electron chi connectivity index (χ4n) is 2.26. The molecule has 2 rings (SSSR count). The molecular weight excluding hydrogens is 289 g/mol. The summed E-state index contributed by atoms with van der Waals surface area (Å²) in [4.78, 5) is 27.7. The highest BCUT2D eigenvalue weighted by Crippen LogP contribution is 2.33. The topological polar surface area (TPSA) is 70.5 Å². The predicted molar refractivity (Wildman–Crippen MR) is 65.9 cm³/mol. The summed E-state index contributed by atoms with van der Waals surface area (Å²) in [5.74, 6) is -3.51. The van der Waals surface area contributed by atoms with Crippen LogP contribution in [0.5, 0.6) is 0 Å². The Morgan fingerprint density at radius 2 is 1.95 bits per heavy atom. The first kappa shape index (κ1) is 15.3. The molecule has 0 aliphatic carbocycles. The molecule has 1 aromatic heterocycles. The fourth-order valence-corrected chi connectivity index (χ4v) is 2.26. The van der Waals surface area contributed by atoms with Gasteiger partial charge in [0.2, 0.25) is 0 Å². The van der Waals surface area contributed by atoms with Crippen molar-refractivity contribution in [2.75, 3.05) is 13.1 Å². The molecule has 0 spiro atoms. The van der Waals surface area contributed by atoms with E-state index in [0.29, 0.717) is 0 Å². The maximum absolute atomic E-state index is 12.7. The van der Waals surface area contributed by atoms with Gasteiger partial charge in [-0.3, -0.25) is 4.79 Å². The van der Waals surface area contributed by atoms with Gasteiger partial charge in [-0.1, -0.05) is 6.07 Å². The Kier molecular flexibility index (Phi) is 4.15. The van der Waals surface area contributed by atoms with Crippen LogP contribution < -0.4 is 0 Å². The van der Waals surface area contributed by atoms with Gasteiger partial charge in [-0.2, -0.15) is 13.2 Å². The SMILES string of the molecule is O=C(O)c1cccc(C(=O)N2CCCC(C(F)(F)F)C2)n1. The van der Waals surface area contributed by atoms with Crippen molar-refractivity contribution in [1.29, 1.82) is 0 Å². The van der Waals surface area contributed by atoms with E-state index in [2.05, 4.69) is 4.98 Å². The van der Waals surface area contributed by atoms with Crippen LogP contribution in [-0.2, 0) is 0 Å². The number of carboxylic acids is 1. The van der Waals surface area contributed by atoms with Gasteiger partial charge in [0.25, 0.3) is 5.91 Å². The van der Waals surface area contributed by atoms with Crippen molar-refractivity contribution in [1.82, 2.24) is 9.88 Å². The zero-order valence-corrected chi connectivity index (χ0v) is 10.9. The van der Waals surface area contributed by atoms with E-state index >= 15 is 0 Å². The first-order chi connectivity index (χ1) is 9.79. The van der Waals surface area contributed by atoms with E-state index in [-0.39, 0.29) is 30.8 Å². The van der Waals surface area contributed by atoms with Crippen molar-refractivity contribution in [3.05, 3.63) is 29.6 Å². The fraction of sp³-hybridized carbons (Fsp3) is 0.462. The third kappa shape index (κ3) is 3.50. The summed E-state index contributed by atoms with van der Waals surface area (Å²) in [6.45, 7) is -0.203. The van der Waals surface area contributed by atoms with Gasteiger partial charge < -0.3 is 10.0 Å². The summed E-state index contributed by atoms with van der Waals surface area (Å²) in [5.41, 5.74) is -0.469. The van der Waals surface area contributed by atoms with Gasteiger partial charge in [0, 0.05) is 13.1 Å². The molecule has 1 amide bonds. The number of carbonyl (C=O) groups excluding carboxylic acids is 1. The van der Waals surface area contributed by atoms with Crippen LogP contribution in [-0.4, -0.2) is 46.1 Å². The summed E-state index contributed by atoms with van der Waals surface area (Å²) in [5, 5.41) is 8.81. The van der Waals surface area contributed by atoms with Crippen LogP contribution in [0.15, 0.2) is 18.2 Å². The molecule has 1 unspecified atom stereocenters. The Labute approximate surface area is 118 Å². The molecule has 0 aromatic carbocycles. The van der Waals surface area contributed by atoms with Gasteiger partial charge in [-0.15, -0.1) is 0 Å². The number of aromatic nitrogens is 1. The highest BCUT2D eigenvalue weighted by atomic mass is 19.4. The molecule has 21 heavy (non-hydrogen) atoms. The number of carboxylic acid groups (broad SMARTS) is 1. The number of nitrogens with zero attached hydrogens (tertiary/aromatic N) is 2. The molecule has 0 bridgehead atoms. The number of pyridine rings is 1. The number of rotatable bonds is 2.